The quantitative estimate of drug-likeness (QED) is 0.788. The highest BCUT2D eigenvalue weighted by atomic mass is 35.5. The average molecular weight is 307 g/mol. The van der Waals surface area contributed by atoms with Crippen molar-refractivity contribution < 1.29 is 9.47 Å². The topological polar surface area (TPSA) is 43.4 Å². The Hall–Kier alpha value is -0.710. The summed E-state index contributed by atoms with van der Waals surface area (Å²) >= 11 is 12.1. The predicted octanol–water partition coefficient (Wildman–Crippen LogP) is 4.01. The Balaban J connectivity index is 2.76. The molecule has 1 N–H and O–H groups in total. The molecule has 6 heteroatoms. The first-order chi connectivity index (χ1) is 9.08. The molecule has 19 heavy (non-hydrogen) atoms. The van der Waals surface area contributed by atoms with E-state index < -0.39 is 0 Å². The van der Waals surface area contributed by atoms with E-state index in [1.54, 1.807) is 6.07 Å². The van der Waals surface area contributed by atoms with Crippen molar-refractivity contribution in [2.24, 2.45) is 0 Å². The smallest absolute Gasteiger partial charge is 0.235 e. The van der Waals surface area contributed by atoms with E-state index in [0.717, 1.165) is 13.0 Å². The van der Waals surface area contributed by atoms with Gasteiger partial charge in [-0.05, 0) is 26.3 Å². The van der Waals surface area contributed by atoms with Crippen LogP contribution in [0.3, 0.4) is 0 Å². The van der Waals surface area contributed by atoms with Crippen molar-refractivity contribution in [3.05, 3.63) is 16.1 Å². The number of aromatic nitrogens is 1. The summed E-state index contributed by atoms with van der Waals surface area (Å²) in [6.07, 6.45) is 0.863. The highest BCUT2D eigenvalue weighted by molar-refractivity contribution is 6.36. The molecule has 0 aromatic carbocycles. The molecule has 1 atom stereocenters. The summed E-state index contributed by atoms with van der Waals surface area (Å²) < 4.78 is 10.9. The van der Waals surface area contributed by atoms with Gasteiger partial charge in [-0.2, -0.15) is 4.98 Å². The summed E-state index contributed by atoms with van der Waals surface area (Å²) in [6.45, 7) is 7.85. The van der Waals surface area contributed by atoms with Crippen LogP contribution in [0.5, 0.6) is 5.88 Å². The van der Waals surface area contributed by atoms with E-state index in [1.165, 1.54) is 0 Å². The normalized spacial score (nSPS) is 12.3. The summed E-state index contributed by atoms with van der Waals surface area (Å²) in [6, 6.07) is 1.64. The molecular weight excluding hydrogens is 287 g/mol. The monoisotopic (exact) mass is 306 g/mol. The van der Waals surface area contributed by atoms with Crippen molar-refractivity contribution in [1.82, 2.24) is 4.98 Å². The van der Waals surface area contributed by atoms with E-state index in [9.17, 15) is 0 Å². The van der Waals surface area contributed by atoms with Crippen LogP contribution in [0, 0.1) is 0 Å². The molecule has 0 spiro atoms. The van der Waals surface area contributed by atoms with Crippen LogP contribution in [-0.4, -0.2) is 30.8 Å². The minimum absolute atomic E-state index is 0.120. The van der Waals surface area contributed by atoms with E-state index in [0.29, 0.717) is 35.0 Å². The van der Waals surface area contributed by atoms with Gasteiger partial charge in [0.1, 0.15) is 16.9 Å². The van der Waals surface area contributed by atoms with Crippen LogP contribution < -0.4 is 10.1 Å². The maximum absolute atomic E-state index is 6.07. The van der Waals surface area contributed by atoms with Crippen LogP contribution in [0.25, 0.3) is 0 Å². The summed E-state index contributed by atoms with van der Waals surface area (Å²) in [5.74, 6) is 0.961. The fraction of sp³-hybridized carbons (Fsp3) is 0.615. The summed E-state index contributed by atoms with van der Waals surface area (Å²) in [5.41, 5.74) is 0. The largest absolute Gasteiger partial charge is 0.471 e. The molecule has 1 rings (SSSR count). The highest BCUT2D eigenvalue weighted by Gasteiger charge is 2.13. The molecule has 0 saturated carbocycles. The second-order valence-corrected chi connectivity index (χ2v) is 4.93. The second kappa shape index (κ2) is 8.46. The number of hydrogen-bond acceptors (Lipinski definition) is 4. The van der Waals surface area contributed by atoms with Gasteiger partial charge in [-0.1, -0.05) is 30.1 Å². The predicted molar refractivity (Wildman–Crippen MR) is 79.6 cm³/mol. The van der Waals surface area contributed by atoms with Crippen molar-refractivity contribution >= 4 is 29.0 Å². The van der Waals surface area contributed by atoms with Gasteiger partial charge in [-0.3, -0.25) is 0 Å². The number of nitrogens with one attached hydrogen (secondary N) is 1. The van der Waals surface area contributed by atoms with Crippen LogP contribution in [-0.2, 0) is 4.74 Å². The number of pyridine rings is 1. The lowest BCUT2D eigenvalue weighted by molar-refractivity contribution is 0.0635. The van der Waals surface area contributed by atoms with E-state index in [-0.39, 0.29) is 6.10 Å². The Morgan fingerprint density at radius 2 is 2.05 bits per heavy atom. The SMILES string of the molecule is CCCNc1nc(OC(C)COCC)c(Cl)cc1Cl. The number of hydrogen-bond donors (Lipinski definition) is 1. The Morgan fingerprint density at radius 1 is 1.32 bits per heavy atom. The fourth-order valence-corrected chi connectivity index (χ4v) is 1.88. The number of ether oxygens (including phenoxy) is 2. The Bertz CT molecular complexity index is 402. The Kier molecular flexibility index (Phi) is 7.28. The van der Waals surface area contributed by atoms with Crippen molar-refractivity contribution in [3.8, 4) is 5.88 Å². The van der Waals surface area contributed by atoms with Gasteiger partial charge in [-0.15, -0.1) is 0 Å². The number of nitrogens with zero attached hydrogens (tertiary/aromatic N) is 1. The fourth-order valence-electron chi connectivity index (χ4n) is 1.41. The molecule has 0 fully saturated rings. The van der Waals surface area contributed by atoms with E-state index in [1.807, 2.05) is 13.8 Å². The van der Waals surface area contributed by atoms with Gasteiger partial charge in [0.05, 0.1) is 11.6 Å². The van der Waals surface area contributed by atoms with Gasteiger partial charge in [0.2, 0.25) is 5.88 Å². The first-order valence-electron chi connectivity index (χ1n) is 6.42. The molecule has 1 unspecified atom stereocenters. The van der Waals surface area contributed by atoms with Gasteiger partial charge in [-0.25, -0.2) is 0 Å². The lowest BCUT2D eigenvalue weighted by atomic mass is 10.4. The van der Waals surface area contributed by atoms with Crippen molar-refractivity contribution in [2.45, 2.75) is 33.3 Å². The van der Waals surface area contributed by atoms with Gasteiger partial charge < -0.3 is 14.8 Å². The standard InChI is InChI=1S/C13H20Cl2N2O2/c1-4-6-16-12-10(14)7-11(15)13(17-12)19-9(3)8-18-5-2/h7,9H,4-6,8H2,1-3H3,(H,16,17). The van der Waals surface area contributed by atoms with Crippen LogP contribution in [0.2, 0.25) is 10.0 Å². The molecule has 0 saturated heterocycles. The summed E-state index contributed by atoms with van der Waals surface area (Å²) in [4.78, 5) is 4.30. The van der Waals surface area contributed by atoms with Crippen LogP contribution in [0.15, 0.2) is 6.07 Å². The number of anilines is 1. The molecule has 0 aliphatic carbocycles. The first kappa shape index (κ1) is 16.3. The first-order valence-corrected chi connectivity index (χ1v) is 7.18. The number of halogens is 2. The molecule has 0 radical (unpaired) electrons. The van der Waals surface area contributed by atoms with Gasteiger partial charge in [0, 0.05) is 13.2 Å². The summed E-state index contributed by atoms with van der Waals surface area (Å²) in [5, 5.41) is 4.02. The van der Waals surface area contributed by atoms with Gasteiger partial charge in [0.25, 0.3) is 0 Å². The van der Waals surface area contributed by atoms with Crippen LogP contribution >= 0.6 is 23.2 Å². The Morgan fingerprint density at radius 3 is 2.68 bits per heavy atom. The van der Waals surface area contributed by atoms with Crippen molar-refractivity contribution in [1.29, 1.82) is 0 Å². The van der Waals surface area contributed by atoms with Crippen molar-refractivity contribution in [2.75, 3.05) is 25.1 Å². The van der Waals surface area contributed by atoms with E-state index in [4.69, 9.17) is 32.7 Å². The third-order valence-electron chi connectivity index (χ3n) is 2.31. The van der Waals surface area contributed by atoms with E-state index >= 15 is 0 Å². The molecule has 0 bridgehead atoms. The molecule has 1 aromatic rings. The second-order valence-electron chi connectivity index (χ2n) is 4.12. The third kappa shape index (κ3) is 5.43. The molecule has 1 aromatic heterocycles. The maximum Gasteiger partial charge on any atom is 0.235 e. The zero-order valence-electron chi connectivity index (χ0n) is 11.5. The van der Waals surface area contributed by atoms with Crippen LogP contribution in [0.1, 0.15) is 27.2 Å². The average Bonchev–Trinajstić information content (AvgIpc) is 2.38. The zero-order valence-corrected chi connectivity index (χ0v) is 13.0. The minimum Gasteiger partial charge on any atom is -0.471 e. The summed E-state index contributed by atoms with van der Waals surface area (Å²) in [7, 11) is 0. The lowest BCUT2D eigenvalue weighted by Crippen LogP contribution is -2.20. The molecule has 1 heterocycles. The van der Waals surface area contributed by atoms with Gasteiger partial charge >= 0.3 is 0 Å². The Labute approximate surface area is 124 Å². The zero-order chi connectivity index (χ0) is 14.3. The highest BCUT2D eigenvalue weighted by Crippen LogP contribution is 2.31. The molecule has 0 amide bonds. The number of rotatable bonds is 8. The van der Waals surface area contributed by atoms with Crippen LogP contribution in [0.4, 0.5) is 5.82 Å². The van der Waals surface area contributed by atoms with Crippen molar-refractivity contribution in [3.63, 3.8) is 0 Å². The van der Waals surface area contributed by atoms with E-state index in [2.05, 4.69) is 17.2 Å². The molecule has 4 nitrogen and oxygen atoms in total. The molecule has 0 aliphatic rings. The molecule has 0 aliphatic heterocycles. The minimum atomic E-state index is -0.120. The van der Waals surface area contributed by atoms with Gasteiger partial charge in [0.15, 0.2) is 0 Å². The third-order valence-corrected chi connectivity index (χ3v) is 2.87. The maximum atomic E-state index is 6.07. The lowest BCUT2D eigenvalue weighted by Gasteiger charge is -2.16. The molecule has 108 valence electrons. The molecular formula is C13H20Cl2N2O2.